The summed E-state index contributed by atoms with van der Waals surface area (Å²) in [6, 6.07) is 19.8. The normalized spacial score (nSPS) is 10.7. The molecule has 0 aliphatic heterocycles. The van der Waals surface area contributed by atoms with Gasteiger partial charge in [0, 0.05) is 17.6 Å². The Morgan fingerprint density at radius 1 is 1.04 bits per heavy atom. The number of nitrogens with zero attached hydrogens (tertiary/aromatic N) is 4. The van der Waals surface area contributed by atoms with E-state index in [2.05, 4.69) is 20.6 Å². The Morgan fingerprint density at radius 2 is 1.85 bits per heavy atom. The molecule has 0 saturated heterocycles. The Balaban J connectivity index is 1.35. The molecule has 2 heterocycles. The number of rotatable bonds is 7. The van der Waals surface area contributed by atoms with E-state index in [1.165, 1.54) is 11.3 Å². The van der Waals surface area contributed by atoms with Gasteiger partial charge < -0.3 is 10.1 Å². The largest absolute Gasteiger partial charge is 0.497 e. The Labute approximate surface area is 165 Å². The van der Waals surface area contributed by atoms with Gasteiger partial charge >= 0.3 is 0 Å². The summed E-state index contributed by atoms with van der Waals surface area (Å²) >= 11 is 3.15. The maximum absolute atomic E-state index is 5.16. The molecule has 0 aliphatic carbocycles. The number of benzene rings is 2. The summed E-state index contributed by atoms with van der Waals surface area (Å²) in [4.78, 5) is 0. The molecule has 0 saturated carbocycles. The third-order valence-corrected chi connectivity index (χ3v) is 5.76. The van der Waals surface area contributed by atoms with Gasteiger partial charge in [0.25, 0.3) is 0 Å². The van der Waals surface area contributed by atoms with Crippen molar-refractivity contribution in [2.75, 3.05) is 12.4 Å². The van der Waals surface area contributed by atoms with Crippen molar-refractivity contribution in [3.63, 3.8) is 0 Å². The lowest BCUT2D eigenvalue weighted by Crippen LogP contribution is -1.94. The number of ether oxygens (including phenoxy) is 1. The van der Waals surface area contributed by atoms with Crippen molar-refractivity contribution in [1.82, 2.24) is 20.0 Å². The highest BCUT2D eigenvalue weighted by molar-refractivity contribution is 8.00. The van der Waals surface area contributed by atoms with Crippen LogP contribution in [0.25, 0.3) is 5.69 Å². The number of para-hydroxylation sites is 1. The molecular weight excluding hydrogens is 378 g/mol. The molecule has 0 aliphatic rings. The first-order chi connectivity index (χ1) is 13.3. The van der Waals surface area contributed by atoms with E-state index in [-0.39, 0.29) is 0 Å². The molecule has 0 bridgehead atoms. The summed E-state index contributed by atoms with van der Waals surface area (Å²) in [5.74, 6) is 1.57. The van der Waals surface area contributed by atoms with Gasteiger partial charge in [0.1, 0.15) is 5.75 Å². The van der Waals surface area contributed by atoms with E-state index >= 15 is 0 Å². The fraction of sp³-hybridized carbons (Fsp3) is 0.105. The van der Waals surface area contributed by atoms with Gasteiger partial charge in [0.15, 0.2) is 4.34 Å². The van der Waals surface area contributed by atoms with Gasteiger partial charge in [0.2, 0.25) is 5.13 Å². The van der Waals surface area contributed by atoms with Crippen LogP contribution in [0.2, 0.25) is 0 Å². The van der Waals surface area contributed by atoms with Gasteiger partial charge in [-0.3, -0.25) is 0 Å². The fourth-order valence-electron chi connectivity index (χ4n) is 2.42. The molecule has 0 atom stereocenters. The summed E-state index contributed by atoms with van der Waals surface area (Å²) in [7, 11) is 1.65. The second-order valence-electron chi connectivity index (χ2n) is 5.60. The second kappa shape index (κ2) is 8.24. The maximum atomic E-state index is 5.16. The van der Waals surface area contributed by atoms with Crippen LogP contribution in [0.3, 0.4) is 0 Å². The quantitative estimate of drug-likeness (QED) is 0.455. The first-order valence-corrected chi connectivity index (χ1v) is 10.1. The van der Waals surface area contributed by atoms with Crippen LogP contribution in [-0.4, -0.2) is 27.1 Å². The van der Waals surface area contributed by atoms with Gasteiger partial charge in [-0.2, -0.15) is 5.10 Å². The molecule has 0 amide bonds. The van der Waals surface area contributed by atoms with E-state index in [1.54, 1.807) is 18.9 Å². The summed E-state index contributed by atoms with van der Waals surface area (Å²) in [5, 5.41) is 17.1. The van der Waals surface area contributed by atoms with Crippen LogP contribution in [0, 0.1) is 0 Å². The van der Waals surface area contributed by atoms with E-state index in [1.807, 2.05) is 71.5 Å². The number of anilines is 2. The summed E-state index contributed by atoms with van der Waals surface area (Å²) < 4.78 is 7.95. The van der Waals surface area contributed by atoms with Crippen molar-refractivity contribution in [3.8, 4) is 11.4 Å². The highest BCUT2D eigenvalue weighted by Crippen LogP contribution is 2.30. The zero-order chi connectivity index (χ0) is 18.5. The third kappa shape index (κ3) is 4.47. The van der Waals surface area contributed by atoms with Crippen LogP contribution in [0.15, 0.2) is 71.2 Å². The Kier molecular flexibility index (Phi) is 5.36. The first-order valence-electron chi connectivity index (χ1n) is 8.27. The van der Waals surface area contributed by atoms with Crippen molar-refractivity contribution in [1.29, 1.82) is 0 Å². The molecule has 0 fully saturated rings. The van der Waals surface area contributed by atoms with Gasteiger partial charge in [0.05, 0.1) is 18.5 Å². The summed E-state index contributed by atoms with van der Waals surface area (Å²) in [6.45, 7) is 0. The zero-order valence-electron chi connectivity index (χ0n) is 14.6. The van der Waals surface area contributed by atoms with E-state index in [9.17, 15) is 0 Å². The van der Waals surface area contributed by atoms with Crippen molar-refractivity contribution in [2.45, 2.75) is 10.1 Å². The summed E-state index contributed by atoms with van der Waals surface area (Å²) in [5.41, 5.74) is 3.00. The fourth-order valence-corrected chi connectivity index (χ4v) is 4.09. The predicted molar refractivity (Wildman–Crippen MR) is 109 cm³/mol. The van der Waals surface area contributed by atoms with Crippen LogP contribution in [0.4, 0.5) is 10.8 Å². The van der Waals surface area contributed by atoms with E-state index in [4.69, 9.17) is 4.74 Å². The Morgan fingerprint density at radius 3 is 2.63 bits per heavy atom. The van der Waals surface area contributed by atoms with Crippen molar-refractivity contribution in [2.24, 2.45) is 0 Å². The van der Waals surface area contributed by atoms with E-state index in [0.29, 0.717) is 0 Å². The smallest absolute Gasteiger partial charge is 0.210 e. The Bertz CT molecular complexity index is 998. The van der Waals surface area contributed by atoms with Crippen molar-refractivity contribution < 1.29 is 4.74 Å². The van der Waals surface area contributed by atoms with Gasteiger partial charge in [-0.15, -0.1) is 10.2 Å². The van der Waals surface area contributed by atoms with E-state index in [0.717, 1.165) is 38.0 Å². The molecule has 27 heavy (non-hydrogen) atoms. The highest BCUT2D eigenvalue weighted by Gasteiger charge is 2.08. The maximum Gasteiger partial charge on any atom is 0.210 e. The molecule has 0 unspecified atom stereocenters. The van der Waals surface area contributed by atoms with Crippen LogP contribution >= 0.6 is 23.1 Å². The van der Waals surface area contributed by atoms with Crippen LogP contribution in [0.1, 0.15) is 5.69 Å². The van der Waals surface area contributed by atoms with Crippen molar-refractivity contribution in [3.05, 3.63) is 72.6 Å². The van der Waals surface area contributed by atoms with Gasteiger partial charge in [-0.05, 0) is 42.5 Å². The third-order valence-electron chi connectivity index (χ3n) is 3.76. The Hall–Kier alpha value is -2.84. The zero-order valence-corrected chi connectivity index (χ0v) is 16.2. The molecule has 0 radical (unpaired) electrons. The molecule has 136 valence electrons. The number of methoxy groups -OCH3 is 1. The first kappa shape index (κ1) is 17.6. The van der Waals surface area contributed by atoms with Crippen LogP contribution in [0.5, 0.6) is 5.75 Å². The highest BCUT2D eigenvalue weighted by atomic mass is 32.2. The molecule has 0 spiro atoms. The monoisotopic (exact) mass is 395 g/mol. The average molecular weight is 396 g/mol. The second-order valence-corrected chi connectivity index (χ2v) is 7.80. The molecule has 2 aromatic carbocycles. The lowest BCUT2D eigenvalue weighted by atomic mass is 10.3. The van der Waals surface area contributed by atoms with Gasteiger partial charge in [-0.25, -0.2) is 4.68 Å². The number of thioether (sulfide) groups is 1. The topological polar surface area (TPSA) is 64.9 Å². The molecule has 8 heteroatoms. The molecule has 4 aromatic rings. The van der Waals surface area contributed by atoms with Crippen LogP contribution in [-0.2, 0) is 5.75 Å². The van der Waals surface area contributed by atoms with Gasteiger partial charge in [-0.1, -0.05) is 41.3 Å². The summed E-state index contributed by atoms with van der Waals surface area (Å²) in [6.07, 6.45) is 1.97. The minimum absolute atomic E-state index is 0.747. The molecule has 1 N–H and O–H groups in total. The number of hydrogen-bond donors (Lipinski definition) is 1. The minimum atomic E-state index is 0.747. The number of nitrogens with one attached hydrogen (secondary N) is 1. The predicted octanol–water partition coefficient (Wildman–Crippen LogP) is 4.77. The molecule has 6 nitrogen and oxygen atoms in total. The SMILES string of the molecule is COc1ccc(Nc2nnc(SCc3ccn(-c4ccccc4)n3)s2)cc1. The van der Waals surface area contributed by atoms with Crippen molar-refractivity contribution >= 4 is 33.9 Å². The standard InChI is InChI=1S/C19H17N5OS2/c1-25-17-9-7-14(8-10-17)20-18-21-22-19(27-18)26-13-15-11-12-24(23-15)16-5-3-2-4-6-16/h2-12H,13H2,1H3,(H,20,21). The van der Waals surface area contributed by atoms with Crippen LogP contribution < -0.4 is 10.1 Å². The molecule has 4 rings (SSSR count). The number of hydrogen-bond acceptors (Lipinski definition) is 7. The molecular formula is C19H17N5OS2. The minimum Gasteiger partial charge on any atom is -0.497 e. The van der Waals surface area contributed by atoms with E-state index < -0.39 is 0 Å². The number of aromatic nitrogens is 4. The molecule has 2 aromatic heterocycles. The average Bonchev–Trinajstić information content (AvgIpc) is 3.37. The lowest BCUT2D eigenvalue weighted by Gasteiger charge is -2.03. The lowest BCUT2D eigenvalue weighted by molar-refractivity contribution is 0.415.